The van der Waals surface area contributed by atoms with Gasteiger partial charge in [0, 0.05) is 16.7 Å². The van der Waals surface area contributed by atoms with E-state index in [1.165, 1.54) is 10.5 Å². The van der Waals surface area contributed by atoms with Gasteiger partial charge in [0.25, 0.3) is 5.56 Å². The third-order valence-electron chi connectivity index (χ3n) is 2.92. The van der Waals surface area contributed by atoms with Crippen LogP contribution in [0.1, 0.15) is 30.9 Å². The summed E-state index contributed by atoms with van der Waals surface area (Å²) in [7, 11) is 0. The van der Waals surface area contributed by atoms with Crippen molar-refractivity contribution in [2.45, 2.75) is 37.8 Å². The van der Waals surface area contributed by atoms with Gasteiger partial charge >= 0.3 is 0 Å². The van der Waals surface area contributed by atoms with Crippen LogP contribution < -0.4 is 5.56 Å². The molecule has 0 atom stereocenters. The Kier molecular flexibility index (Phi) is 5.01. The van der Waals surface area contributed by atoms with Crippen molar-refractivity contribution in [2.75, 3.05) is 0 Å². The Hall–Kier alpha value is -1.55. The molecule has 0 fully saturated rings. The van der Waals surface area contributed by atoms with Crippen LogP contribution in [0, 0.1) is 12.8 Å². The second-order valence-corrected chi connectivity index (χ2v) is 6.35. The van der Waals surface area contributed by atoms with Crippen LogP contribution >= 0.6 is 11.8 Å². The zero-order chi connectivity index (χ0) is 14.5. The number of aromatic nitrogens is 2. The molecule has 1 aromatic carbocycles. The lowest BCUT2D eigenvalue weighted by atomic mass is 10.1. The van der Waals surface area contributed by atoms with Crippen LogP contribution in [0.25, 0.3) is 0 Å². The summed E-state index contributed by atoms with van der Waals surface area (Å²) in [6.45, 7) is 6.35. The van der Waals surface area contributed by atoms with Crippen LogP contribution in [-0.4, -0.2) is 9.97 Å². The number of hydrogen-bond acceptors (Lipinski definition) is 3. The van der Waals surface area contributed by atoms with Gasteiger partial charge in [0.05, 0.1) is 5.75 Å². The Bertz CT molecular complexity index is 634. The lowest BCUT2D eigenvalue weighted by Crippen LogP contribution is -2.13. The molecule has 0 radical (unpaired) electrons. The Morgan fingerprint density at radius 2 is 2.05 bits per heavy atom. The molecule has 4 heteroatoms. The van der Waals surface area contributed by atoms with Crippen LogP contribution in [-0.2, 0) is 12.2 Å². The van der Waals surface area contributed by atoms with Gasteiger partial charge in [-0.25, -0.2) is 4.98 Å². The van der Waals surface area contributed by atoms with E-state index >= 15 is 0 Å². The van der Waals surface area contributed by atoms with Crippen molar-refractivity contribution in [2.24, 2.45) is 5.92 Å². The van der Waals surface area contributed by atoms with E-state index in [0.29, 0.717) is 11.7 Å². The van der Waals surface area contributed by atoms with Gasteiger partial charge in [-0.2, -0.15) is 0 Å². The second kappa shape index (κ2) is 6.75. The third-order valence-corrected chi connectivity index (χ3v) is 4.11. The monoisotopic (exact) mass is 288 g/mol. The fourth-order valence-corrected chi connectivity index (χ4v) is 2.92. The molecule has 0 unspecified atom stereocenters. The van der Waals surface area contributed by atoms with E-state index in [0.717, 1.165) is 17.9 Å². The molecular weight excluding hydrogens is 268 g/mol. The molecule has 0 aliphatic carbocycles. The molecule has 0 aliphatic rings. The number of benzene rings is 1. The zero-order valence-corrected chi connectivity index (χ0v) is 13.0. The van der Waals surface area contributed by atoms with E-state index in [1.54, 1.807) is 17.8 Å². The van der Waals surface area contributed by atoms with Crippen molar-refractivity contribution in [3.05, 3.63) is 57.8 Å². The van der Waals surface area contributed by atoms with Gasteiger partial charge in [0.15, 0.2) is 0 Å². The number of aryl methyl sites for hydroxylation is 1. The standard InChI is InChI=1S/C16H20N2OS/c1-11(2)8-13-9-16(19)18-15(17-13)10-20-14-7-5-4-6-12(14)3/h4-7,9,11H,8,10H2,1-3H3,(H,17,18,19). The molecular formula is C16H20N2OS. The summed E-state index contributed by atoms with van der Waals surface area (Å²) in [5.41, 5.74) is 2.07. The lowest BCUT2D eigenvalue weighted by molar-refractivity contribution is 0.630. The molecule has 20 heavy (non-hydrogen) atoms. The number of nitrogens with zero attached hydrogens (tertiary/aromatic N) is 1. The van der Waals surface area contributed by atoms with E-state index in [9.17, 15) is 4.79 Å². The predicted octanol–water partition coefficient (Wildman–Crippen LogP) is 3.57. The molecule has 2 aromatic rings. The molecule has 1 N–H and O–H groups in total. The summed E-state index contributed by atoms with van der Waals surface area (Å²) >= 11 is 1.70. The quantitative estimate of drug-likeness (QED) is 0.856. The molecule has 0 spiro atoms. The first kappa shape index (κ1) is 14.9. The zero-order valence-electron chi connectivity index (χ0n) is 12.1. The maximum absolute atomic E-state index is 11.7. The minimum Gasteiger partial charge on any atom is -0.310 e. The van der Waals surface area contributed by atoms with Gasteiger partial charge in [-0.3, -0.25) is 4.79 Å². The van der Waals surface area contributed by atoms with Crippen molar-refractivity contribution in [3.8, 4) is 0 Å². The molecule has 0 bridgehead atoms. The highest BCUT2D eigenvalue weighted by molar-refractivity contribution is 7.98. The molecule has 0 saturated heterocycles. The normalized spacial score (nSPS) is 11.0. The van der Waals surface area contributed by atoms with Gasteiger partial charge < -0.3 is 4.98 Å². The average Bonchev–Trinajstić information content (AvgIpc) is 2.36. The van der Waals surface area contributed by atoms with Gasteiger partial charge in [-0.15, -0.1) is 11.8 Å². The van der Waals surface area contributed by atoms with Crippen LogP contribution in [0.2, 0.25) is 0 Å². The van der Waals surface area contributed by atoms with E-state index in [-0.39, 0.29) is 5.56 Å². The molecule has 0 aliphatic heterocycles. The fourth-order valence-electron chi connectivity index (χ4n) is 2.02. The maximum atomic E-state index is 11.7. The fraction of sp³-hybridized carbons (Fsp3) is 0.375. The number of H-pyrrole nitrogens is 1. The molecule has 106 valence electrons. The Labute approximate surface area is 123 Å². The van der Waals surface area contributed by atoms with Crippen molar-refractivity contribution in [3.63, 3.8) is 0 Å². The molecule has 1 aromatic heterocycles. The summed E-state index contributed by atoms with van der Waals surface area (Å²) in [4.78, 5) is 20.3. The van der Waals surface area contributed by atoms with E-state index < -0.39 is 0 Å². The van der Waals surface area contributed by atoms with E-state index in [4.69, 9.17) is 0 Å². The Morgan fingerprint density at radius 1 is 1.30 bits per heavy atom. The summed E-state index contributed by atoms with van der Waals surface area (Å²) in [5.74, 6) is 1.94. The number of aromatic amines is 1. The SMILES string of the molecule is Cc1ccccc1SCc1nc(CC(C)C)cc(=O)[nH]1. The summed E-state index contributed by atoms with van der Waals surface area (Å²) in [6, 6.07) is 9.84. The summed E-state index contributed by atoms with van der Waals surface area (Å²) in [5, 5.41) is 0. The van der Waals surface area contributed by atoms with Crippen LogP contribution in [0.5, 0.6) is 0 Å². The van der Waals surface area contributed by atoms with Crippen molar-refractivity contribution < 1.29 is 0 Å². The third kappa shape index (κ3) is 4.23. The first-order valence-electron chi connectivity index (χ1n) is 6.82. The van der Waals surface area contributed by atoms with E-state index in [2.05, 4.69) is 42.9 Å². The van der Waals surface area contributed by atoms with Gasteiger partial charge in [-0.05, 0) is 30.9 Å². The Morgan fingerprint density at radius 3 is 2.75 bits per heavy atom. The van der Waals surface area contributed by atoms with Crippen LogP contribution in [0.4, 0.5) is 0 Å². The minimum atomic E-state index is -0.0592. The largest absolute Gasteiger partial charge is 0.310 e. The number of nitrogens with one attached hydrogen (secondary N) is 1. The molecule has 0 saturated carbocycles. The summed E-state index contributed by atoms with van der Waals surface area (Å²) in [6.07, 6.45) is 0.839. The van der Waals surface area contributed by atoms with Crippen molar-refractivity contribution in [1.82, 2.24) is 9.97 Å². The maximum Gasteiger partial charge on any atom is 0.251 e. The minimum absolute atomic E-state index is 0.0592. The number of rotatable bonds is 5. The predicted molar refractivity (Wildman–Crippen MR) is 84.1 cm³/mol. The van der Waals surface area contributed by atoms with E-state index in [1.807, 2.05) is 12.1 Å². The highest BCUT2D eigenvalue weighted by Gasteiger charge is 2.05. The summed E-state index contributed by atoms with van der Waals surface area (Å²) < 4.78 is 0. The first-order chi connectivity index (χ1) is 9.54. The molecule has 1 heterocycles. The highest BCUT2D eigenvalue weighted by Crippen LogP contribution is 2.24. The second-order valence-electron chi connectivity index (χ2n) is 5.34. The van der Waals surface area contributed by atoms with Gasteiger partial charge in [0.1, 0.15) is 5.82 Å². The topological polar surface area (TPSA) is 45.8 Å². The number of hydrogen-bond donors (Lipinski definition) is 1. The first-order valence-corrected chi connectivity index (χ1v) is 7.80. The molecule has 3 nitrogen and oxygen atoms in total. The lowest BCUT2D eigenvalue weighted by Gasteiger charge is -2.07. The Balaban J connectivity index is 2.11. The molecule has 2 rings (SSSR count). The van der Waals surface area contributed by atoms with Crippen molar-refractivity contribution >= 4 is 11.8 Å². The van der Waals surface area contributed by atoms with Crippen LogP contribution in [0.3, 0.4) is 0 Å². The van der Waals surface area contributed by atoms with Gasteiger partial charge in [0.2, 0.25) is 0 Å². The van der Waals surface area contributed by atoms with Crippen molar-refractivity contribution in [1.29, 1.82) is 0 Å². The van der Waals surface area contributed by atoms with Crippen LogP contribution in [0.15, 0.2) is 40.0 Å². The highest BCUT2D eigenvalue weighted by atomic mass is 32.2. The average molecular weight is 288 g/mol. The number of thioether (sulfide) groups is 1. The molecule has 0 amide bonds. The van der Waals surface area contributed by atoms with Gasteiger partial charge in [-0.1, -0.05) is 32.0 Å². The smallest absolute Gasteiger partial charge is 0.251 e.